The lowest BCUT2D eigenvalue weighted by atomic mass is 10.1. The summed E-state index contributed by atoms with van der Waals surface area (Å²) in [4.78, 5) is 16.4. The maximum atomic E-state index is 13.3. The lowest BCUT2D eigenvalue weighted by molar-refractivity contribution is 0.102. The molecule has 1 aromatic heterocycles. The predicted molar refractivity (Wildman–Crippen MR) is 97.7 cm³/mol. The third-order valence-electron chi connectivity index (χ3n) is 4.06. The van der Waals surface area contributed by atoms with Gasteiger partial charge in [0.05, 0.1) is 17.4 Å². The third kappa shape index (κ3) is 3.85. The van der Waals surface area contributed by atoms with Crippen LogP contribution in [0, 0.1) is 25.5 Å². The molecule has 0 aliphatic heterocycles. The van der Waals surface area contributed by atoms with Gasteiger partial charge in [0.2, 0.25) is 0 Å². The van der Waals surface area contributed by atoms with E-state index in [4.69, 9.17) is 0 Å². The van der Waals surface area contributed by atoms with E-state index in [0.29, 0.717) is 11.3 Å². The van der Waals surface area contributed by atoms with Crippen molar-refractivity contribution in [3.05, 3.63) is 83.2 Å². The summed E-state index contributed by atoms with van der Waals surface area (Å²) < 4.78 is 26.2. The van der Waals surface area contributed by atoms with Gasteiger partial charge in [-0.25, -0.2) is 8.78 Å². The monoisotopic (exact) mass is 353 g/mol. The Hall–Kier alpha value is -3.28. The van der Waals surface area contributed by atoms with Gasteiger partial charge in [-0.05, 0) is 49.2 Å². The van der Waals surface area contributed by atoms with E-state index in [-0.39, 0.29) is 5.69 Å². The molecule has 0 aliphatic carbocycles. The molecule has 4 nitrogen and oxygen atoms in total. The number of anilines is 3. The fraction of sp³-hybridized carbons (Fsp3) is 0.100. The largest absolute Gasteiger partial charge is 0.354 e. The Bertz CT molecular complexity index is 973. The molecule has 3 rings (SSSR count). The van der Waals surface area contributed by atoms with E-state index in [9.17, 15) is 13.6 Å². The van der Waals surface area contributed by atoms with Crippen molar-refractivity contribution in [1.29, 1.82) is 0 Å². The van der Waals surface area contributed by atoms with Gasteiger partial charge in [-0.1, -0.05) is 12.1 Å². The van der Waals surface area contributed by atoms with E-state index in [0.717, 1.165) is 28.9 Å². The number of aromatic nitrogens is 1. The average Bonchev–Trinajstić information content (AvgIpc) is 2.62. The van der Waals surface area contributed by atoms with Crippen molar-refractivity contribution < 1.29 is 13.6 Å². The van der Waals surface area contributed by atoms with E-state index in [2.05, 4.69) is 15.6 Å². The summed E-state index contributed by atoms with van der Waals surface area (Å²) in [5, 5.41) is 5.76. The molecule has 0 unspecified atom stereocenters. The van der Waals surface area contributed by atoms with Crippen molar-refractivity contribution in [2.24, 2.45) is 0 Å². The number of hydrogen-bond acceptors (Lipinski definition) is 3. The molecule has 0 radical (unpaired) electrons. The number of halogens is 2. The number of aryl methyl sites for hydroxylation is 1. The highest BCUT2D eigenvalue weighted by Gasteiger charge is 2.10. The molecular formula is C20H17F2N3O. The molecule has 3 aromatic rings. The van der Waals surface area contributed by atoms with E-state index in [1.807, 2.05) is 32.0 Å². The molecule has 6 heteroatoms. The van der Waals surface area contributed by atoms with Crippen LogP contribution in [0.5, 0.6) is 0 Å². The number of amides is 1. The van der Waals surface area contributed by atoms with Crippen LogP contribution < -0.4 is 10.6 Å². The quantitative estimate of drug-likeness (QED) is 0.696. The van der Waals surface area contributed by atoms with Crippen molar-refractivity contribution in [1.82, 2.24) is 4.98 Å². The summed E-state index contributed by atoms with van der Waals surface area (Å²) in [6.07, 6.45) is 3.01. The number of hydrogen-bond donors (Lipinski definition) is 2. The molecule has 1 heterocycles. The normalized spacial score (nSPS) is 10.5. The van der Waals surface area contributed by atoms with Crippen LogP contribution in [0.25, 0.3) is 0 Å². The van der Waals surface area contributed by atoms with Gasteiger partial charge in [-0.2, -0.15) is 0 Å². The molecule has 132 valence electrons. The second kappa shape index (κ2) is 7.31. The van der Waals surface area contributed by atoms with Crippen LogP contribution in [0.15, 0.2) is 54.9 Å². The SMILES string of the molecule is Cc1cccc(Nc2cncc(C(=O)Nc3ccc(F)c(F)c3)c2)c1C. The lowest BCUT2D eigenvalue weighted by Gasteiger charge is -2.12. The highest BCUT2D eigenvalue weighted by atomic mass is 19.2. The zero-order chi connectivity index (χ0) is 18.7. The molecule has 1 amide bonds. The van der Waals surface area contributed by atoms with Crippen LogP contribution in [-0.2, 0) is 0 Å². The van der Waals surface area contributed by atoms with E-state index in [1.165, 1.54) is 12.3 Å². The summed E-state index contributed by atoms with van der Waals surface area (Å²) in [6, 6.07) is 10.7. The Morgan fingerprint density at radius 1 is 0.962 bits per heavy atom. The van der Waals surface area contributed by atoms with Crippen LogP contribution in [0.2, 0.25) is 0 Å². The summed E-state index contributed by atoms with van der Waals surface area (Å²) in [5.74, 6) is -2.45. The van der Waals surface area contributed by atoms with Crippen LogP contribution in [0.4, 0.5) is 25.8 Å². The Kier molecular flexibility index (Phi) is 4.93. The van der Waals surface area contributed by atoms with Crippen molar-refractivity contribution in [3.8, 4) is 0 Å². The number of pyridine rings is 1. The molecule has 2 aromatic carbocycles. The summed E-state index contributed by atoms with van der Waals surface area (Å²) in [7, 11) is 0. The Balaban J connectivity index is 1.79. The fourth-order valence-corrected chi connectivity index (χ4v) is 2.45. The van der Waals surface area contributed by atoms with Crippen LogP contribution in [0.1, 0.15) is 21.5 Å². The van der Waals surface area contributed by atoms with Gasteiger partial charge in [0.25, 0.3) is 5.91 Å². The molecule has 0 saturated heterocycles. The topological polar surface area (TPSA) is 54.0 Å². The first-order valence-electron chi connectivity index (χ1n) is 7.99. The zero-order valence-corrected chi connectivity index (χ0v) is 14.3. The zero-order valence-electron chi connectivity index (χ0n) is 14.3. The van der Waals surface area contributed by atoms with Gasteiger partial charge < -0.3 is 10.6 Å². The van der Waals surface area contributed by atoms with Gasteiger partial charge in [-0.15, -0.1) is 0 Å². The maximum absolute atomic E-state index is 13.3. The summed E-state index contributed by atoms with van der Waals surface area (Å²) >= 11 is 0. The Morgan fingerprint density at radius 3 is 2.54 bits per heavy atom. The molecular weight excluding hydrogens is 336 g/mol. The summed E-state index contributed by atoms with van der Waals surface area (Å²) in [5.41, 5.74) is 4.28. The minimum absolute atomic E-state index is 0.168. The smallest absolute Gasteiger partial charge is 0.257 e. The molecule has 2 N–H and O–H groups in total. The van der Waals surface area contributed by atoms with Gasteiger partial charge in [-0.3, -0.25) is 9.78 Å². The number of carbonyl (C=O) groups excluding carboxylic acids is 1. The molecule has 26 heavy (non-hydrogen) atoms. The molecule has 0 fully saturated rings. The van der Waals surface area contributed by atoms with Crippen molar-refractivity contribution in [2.75, 3.05) is 10.6 Å². The summed E-state index contributed by atoms with van der Waals surface area (Å²) in [6.45, 7) is 4.02. The fourth-order valence-electron chi connectivity index (χ4n) is 2.45. The Morgan fingerprint density at radius 2 is 1.77 bits per heavy atom. The minimum atomic E-state index is -1.02. The van der Waals surface area contributed by atoms with Crippen LogP contribution in [-0.4, -0.2) is 10.9 Å². The lowest BCUT2D eigenvalue weighted by Crippen LogP contribution is -2.13. The average molecular weight is 353 g/mol. The number of nitrogens with zero attached hydrogens (tertiary/aromatic N) is 1. The predicted octanol–water partition coefficient (Wildman–Crippen LogP) is 4.97. The van der Waals surface area contributed by atoms with Crippen LogP contribution >= 0.6 is 0 Å². The number of carbonyl (C=O) groups is 1. The second-order valence-corrected chi connectivity index (χ2v) is 5.92. The first-order chi connectivity index (χ1) is 12.4. The molecule has 0 aliphatic rings. The van der Waals surface area contributed by atoms with Crippen molar-refractivity contribution >= 4 is 23.0 Å². The number of nitrogens with one attached hydrogen (secondary N) is 2. The van der Waals surface area contributed by atoms with Gasteiger partial charge in [0.15, 0.2) is 11.6 Å². The molecule has 0 bridgehead atoms. The standard InChI is InChI=1S/C20H17F2N3O/c1-12-4-3-5-19(13(12)2)24-16-8-14(10-23-11-16)20(26)25-15-6-7-17(21)18(22)9-15/h3-11,24H,1-2H3,(H,25,26). The number of rotatable bonds is 4. The van der Waals surface area contributed by atoms with Crippen molar-refractivity contribution in [3.63, 3.8) is 0 Å². The third-order valence-corrected chi connectivity index (χ3v) is 4.06. The van der Waals surface area contributed by atoms with Gasteiger partial charge >= 0.3 is 0 Å². The van der Waals surface area contributed by atoms with E-state index < -0.39 is 17.5 Å². The first-order valence-corrected chi connectivity index (χ1v) is 7.99. The minimum Gasteiger partial charge on any atom is -0.354 e. The van der Waals surface area contributed by atoms with Crippen LogP contribution in [0.3, 0.4) is 0 Å². The highest BCUT2D eigenvalue weighted by molar-refractivity contribution is 6.04. The first kappa shape index (κ1) is 17.5. The van der Waals surface area contributed by atoms with Crippen molar-refractivity contribution in [2.45, 2.75) is 13.8 Å². The van der Waals surface area contributed by atoms with E-state index in [1.54, 1.807) is 12.3 Å². The number of benzene rings is 2. The Labute approximate surface area is 149 Å². The second-order valence-electron chi connectivity index (χ2n) is 5.92. The molecule has 0 saturated carbocycles. The highest BCUT2D eigenvalue weighted by Crippen LogP contribution is 2.23. The van der Waals surface area contributed by atoms with Gasteiger partial charge in [0, 0.05) is 23.6 Å². The van der Waals surface area contributed by atoms with E-state index >= 15 is 0 Å². The van der Waals surface area contributed by atoms with Gasteiger partial charge in [0.1, 0.15) is 0 Å². The molecule has 0 atom stereocenters. The molecule has 0 spiro atoms. The maximum Gasteiger partial charge on any atom is 0.257 e.